The molecule has 2 rings (SSSR count). The van der Waals surface area contributed by atoms with Gasteiger partial charge in [0.2, 0.25) is 0 Å². The average molecular weight is 255 g/mol. The molecule has 17 heavy (non-hydrogen) atoms. The number of carbonyl (C=O) groups excluding carboxylic acids is 1. The fourth-order valence-electron chi connectivity index (χ4n) is 2.24. The first-order valence-electron chi connectivity index (χ1n) is 5.67. The molecule has 1 fully saturated rings. The van der Waals surface area contributed by atoms with Crippen molar-refractivity contribution in [3.05, 3.63) is 28.8 Å². The van der Waals surface area contributed by atoms with Crippen LogP contribution in [0.1, 0.15) is 36.0 Å². The monoisotopic (exact) mass is 254 g/mol. The smallest absolute Gasteiger partial charge is 0.195 e. The molecule has 3 nitrogen and oxygen atoms in total. The first-order chi connectivity index (χ1) is 8.07. The Hall–Kier alpha value is -1.06. The second kappa shape index (κ2) is 4.67. The zero-order valence-corrected chi connectivity index (χ0v) is 10.5. The van der Waals surface area contributed by atoms with Crippen molar-refractivity contribution in [1.29, 1.82) is 0 Å². The second-order valence-corrected chi connectivity index (χ2v) is 4.82. The summed E-state index contributed by atoms with van der Waals surface area (Å²) < 4.78 is 5.02. The molecule has 0 unspecified atom stereocenters. The number of hydrogen-bond donors (Lipinski definition) is 1. The molecule has 1 aromatic carbocycles. The van der Waals surface area contributed by atoms with Crippen molar-refractivity contribution in [2.75, 3.05) is 7.11 Å². The van der Waals surface area contributed by atoms with Crippen LogP contribution < -0.4 is 4.74 Å². The first-order valence-corrected chi connectivity index (χ1v) is 6.05. The molecular formula is C13H15ClO3. The van der Waals surface area contributed by atoms with Crippen molar-refractivity contribution in [3.8, 4) is 5.75 Å². The highest BCUT2D eigenvalue weighted by atomic mass is 35.5. The van der Waals surface area contributed by atoms with Gasteiger partial charge < -0.3 is 9.84 Å². The lowest BCUT2D eigenvalue weighted by Crippen LogP contribution is -2.35. The van der Waals surface area contributed by atoms with E-state index in [1.807, 2.05) is 0 Å². The number of hydrogen-bond acceptors (Lipinski definition) is 3. The third kappa shape index (κ3) is 2.31. The predicted molar refractivity (Wildman–Crippen MR) is 65.8 cm³/mol. The standard InChI is InChI=1S/C13H15ClO3/c1-17-9-4-5-10(11(14)8-9)12(15)13(16)6-2-3-7-13/h4-5,8,16H,2-3,6-7H2,1H3. The molecule has 0 saturated heterocycles. The molecule has 0 heterocycles. The van der Waals surface area contributed by atoms with Crippen LogP contribution in [0, 0.1) is 0 Å². The molecule has 0 atom stereocenters. The van der Waals surface area contributed by atoms with E-state index in [1.54, 1.807) is 18.2 Å². The summed E-state index contributed by atoms with van der Waals surface area (Å²) in [6, 6.07) is 4.88. The molecule has 1 N–H and O–H groups in total. The SMILES string of the molecule is COc1ccc(C(=O)C2(O)CCCC2)c(Cl)c1. The van der Waals surface area contributed by atoms with Gasteiger partial charge in [-0.1, -0.05) is 11.6 Å². The van der Waals surface area contributed by atoms with Crippen LogP contribution in [0.2, 0.25) is 5.02 Å². The van der Waals surface area contributed by atoms with Crippen LogP contribution >= 0.6 is 11.6 Å². The van der Waals surface area contributed by atoms with Crippen molar-refractivity contribution >= 4 is 17.4 Å². The van der Waals surface area contributed by atoms with Gasteiger partial charge in [-0.25, -0.2) is 0 Å². The van der Waals surface area contributed by atoms with Gasteiger partial charge in [0.1, 0.15) is 11.4 Å². The van der Waals surface area contributed by atoms with Crippen LogP contribution in [-0.2, 0) is 0 Å². The van der Waals surface area contributed by atoms with Crippen LogP contribution in [0.4, 0.5) is 0 Å². The number of halogens is 1. The zero-order valence-electron chi connectivity index (χ0n) is 9.70. The minimum atomic E-state index is -1.22. The fraction of sp³-hybridized carbons (Fsp3) is 0.462. The highest BCUT2D eigenvalue weighted by Crippen LogP contribution is 2.35. The van der Waals surface area contributed by atoms with E-state index in [9.17, 15) is 9.90 Å². The van der Waals surface area contributed by atoms with Gasteiger partial charge in [0.25, 0.3) is 0 Å². The van der Waals surface area contributed by atoms with Gasteiger partial charge in [0.05, 0.1) is 12.1 Å². The van der Waals surface area contributed by atoms with E-state index in [1.165, 1.54) is 7.11 Å². The number of aliphatic hydroxyl groups is 1. The summed E-state index contributed by atoms with van der Waals surface area (Å²) in [6.45, 7) is 0. The largest absolute Gasteiger partial charge is 0.497 e. The van der Waals surface area contributed by atoms with Gasteiger partial charge in [-0.05, 0) is 43.9 Å². The molecule has 1 aliphatic rings. The predicted octanol–water partition coefficient (Wildman–Crippen LogP) is 2.84. The number of Topliss-reactive ketones (excluding diaryl/α,β-unsaturated/α-hetero) is 1. The summed E-state index contributed by atoms with van der Waals surface area (Å²) in [5.41, 5.74) is -0.852. The molecule has 0 amide bonds. The zero-order chi connectivity index (χ0) is 12.5. The first kappa shape index (κ1) is 12.4. The van der Waals surface area contributed by atoms with Crippen LogP contribution in [0.5, 0.6) is 5.75 Å². The Bertz CT molecular complexity index is 436. The average Bonchev–Trinajstić information content (AvgIpc) is 2.76. The Balaban J connectivity index is 2.31. The van der Waals surface area contributed by atoms with E-state index in [0.717, 1.165) is 12.8 Å². The van der Waals surface area contributed by atoms with Crippen molar-refractivity contribution in [2.24, 2.45) is 0 Å². The lowest BCUT2D eigenvalue weighted by atomic mass is 9.91. The van der Waals surface area contributed by atoms with Gasteiger partial charge in [-0.3, -0.25) is 4.79 Å². The fourth-order valence-corrected chi connectivity index (χ4v) is 2.50. The van der Waals surface area contributed by atoms with E-state index in [-0.39, 0.29) is 5.78 Å². The Morgan fingerprint density at radius 2 is 2.06 bits per heavy atom. The molecular weight excluding hydrogens is 240 g/mol. The Kier molecular flexibility index (Phi) is 3.40. The normalized spacial score (nSPS) is 18.1. The highest BCUT2D eigenvalue weighted by Gasteiger charge is 2.39. The van der Waals surface area contributed by atoms with Crippen LogP contribution in [0.15, 0.2) is 18.2 Å². The Labute approximate surface area is 105 Å². The minimum Gasteiger partial charge on any atom is -0.497 e. The van der Waals surface area contributed by atoms with E-state index in [2.05, 4.69) is 0 Å². The molecule has 4 heteroatoms. The van der Waals surface area contributed by atoms with Crippen LogP contribution in [0.25, 0.3) is 0 Å². The van der Waals surface area contributed by atoms with Crippen LogP contribution in [-0.4, -0.2) is 23.6 Å². The molecule has 0 aliphatic heterocycles. The molecule has 1 saturated carbocycles. The number of rotatable bonds is 3. The van der Waals surface area contributed by atoms with Crippen molar-refractivity contribution in [2.45, 2.75) is 31.3 Å². The number of benzene rings is 1. The second-order valence-electron chi connectivity index (χ2n) is 4.41. The minimum absolute atomic E-state index is 0.275. The van der Waals surface area contributed by atoms with Gasteiger partial charge in [-0.15, -0.1) is 0 Å². The summed E-state index contributed by atoms with van der Waals surface area (Å²) in [5, 5.41) is 10.6. The lowest BCUT2D eigenvalue weighted by Gasteiger charge is -2.21. The molecule has 0 aromatic heterocycles. The number of ketones is 1. The molecule has 0 radical (unpaired) electrons. The number of carbonyl (C=O) groups is 1. The van der Waals surface area contributed by atoms with E-state index in [4.69, 9.17) is 16.3 Å². The summed E-state index contributed by atoms with van der Waals surface area (Å²) in [5.74, 6) is 0.326. The van der Waals surface area contributed by atoms with Gasteiger partial charge in [0, 0.05) is 5.56 Å². The van der Waals surface area contributed by atoms with E-state index in [0.29, 0.717) is 29.2 Å². The number of methoxy groups -OCH3 is 1. The Morgan fingerprint density at radius 3 is 2.59 bits per heavy atom. The maximum atomic E-state index is 12.2. The highest BCUT2D eigenvalue weighted by molar-refractivity contribution is 6.34. The van der Waals surface area contributed by atoms with Gasteiger partial charge >= 0.3 is 0 Å². The Morgan fingerprint density at radius 1 is 1.41 bits per heavy atom. The van der Waals surface area contributed by atoms with E-state index < -0.39 is 5.60 Å². The quantitative estimate of drug-likeness (QED) is 0.844. The third-order valence-electron chi connectivity index (χ3n) is 3.27. The molecule has 0 spiro atoms. The molecule has 92 valence electrons. The van der Waals surface area contributed by atoms with Crippen molar-refractivity contribution in [3.63, 3.8) is 0 Å². The van der Waals surface area contributed by atoms with Crippen LogP contribution in [0.3, 0.4) is 0 Å². The van der Waals surface area contributed by atoms with E-state index >= 15 is 0 Å². The molecule has 0 bridgehead atoms. The van der Waals surface area contributed by atoms with Gasteiger partial charge in [0.15, 0.2) is 5.78 Å². The number of ether oxygens (including phenoxy) is 1. The summed E-state index contributed by atoms with van der Waals surface area (Å²) in [4.78, 5) is 12.2. The van der Waals surface area contributed by atoms with Gasteiger partial charge in [-0.2, -0.15) is 0 Å². The molecule has 1 aromatic rings. The third-order valence-corrected chi connectivity index (χ3v) is 3.59. The maximum Gasteiger partial charge on any atom is 0.195 e. The molecule has 1 aliphatic carbocycles. The summed E-state index contributed by atoms with van der Waals surface area (Å²) in [7, 11) is 1.54. The topological polar surface area (TPSA) is 46.5 Å². The maximum absolute atomic E-state index is 12.2. The summed E-state index contributed by atoms with van der Waals surface area (Å²) in [6.07, 6.45) is 2.81. The lowest BCUT2D eigenvalue weighted by molar-refractivity contribution is 0.0353. The van der Waals surface area contributed by atoms with Crippen molar-refractivity contribution < 1.29 is 14.6 Å². The van der Waals surface area contributed by atoms with Crippen molar-refractivity contribution in [1.82, 2.24) is 0 Å². The summed E-state index contributed by atoms with van der Waals surface area (Å²) >= 11 is 6.03.